The van der Waals surface area contributed by atoms with E-state index in [1.54, 1.807) is 27.1 Å². The Hall–Kier alpha value is -1.66. The van der Waals surface area contributed by atoms with E-state index in [9.17, 15) is 9.90 Å². The standard InChI is InChI=1S/C17H23N3O2S/c1-19(10-12-6-3-4-7-14(12)21)17(22)13-11-20(2)18-16(13)15-8-5-9-23-15/h5,8-9,11-12,14,21H,3-4,6-7,10H2,1-2H3. The quantitative estimate of drug-likeness (QED) is 0.936. The van der Waals surface area contributed by atoms with E-state index in [0.29, 0.717) is 12.1 Å². The Morgan fingerprint density at radius 1 is 1.48 bits per heavy atom. The Bertz CT molecular complexity index is 665. The number of carbonyl (C=O) groups is 1. The fourth-order valence-electron chi connectivity index (χ4n) is 3.28. The van der Waals surface area contributed by atoms with Crippen molar-refractivity contribution in [2.24, 2.45) is 13.0 Å². The summed E-state index contributed by atoms with van der Waals surface area (Å²) in [6.45, 7) is 0.596. The molecule has 3 rings (SSSR count). The molecule has 0 bridgehead atoms. The molecule has 1 saturated carbocycles. The van der Waals surface area contributed by atoms with E-state index >= 15 is 0 Å². The number of aromatic nitrogens is 2. The normalized spacial score (nSPS) is 21.3. The van der Waals surface area contributed by atoms with Crippen LogP contribution >= 0.6 is 11.3 Å². The highest BCUT2D eigenvalue weighted by Gasteiger charge is 2.27. The molecule has 1 aliphatic carbocycles. The van der Waals surface area contributed by atoms with E-state index in [2.05, 4.69) is 5.10 Å². The average molecular weight is 333 g/mol. The molecule has 0 radical (unpaired) electrons. The van der Waals surface area contributed by atoms with Crippen LogP contribution in [0, 0.1) is 5.92 Å². The number of hydrogen-bond acceptors (Lipinski definition) is 4. The van der Waals surface area contributed by atoms with Gasteiger partial charge in [0.25, 0.3) is 5.91 Å². The molecule has 2 aromatic heterocycles. The maximum absolute atomic E-state index is 12.8. The molecule has 124 valence electrons. The molecule has 23 heavy (non-hydrogen) atoms. The summed E-state index contributed by atoms with van der Waals surface area (Å²) >= 11 is 1.58. The molecule has 6 heteroatoms. The number of hydrogen-bond donors (Lipinski definition) is 1. The predicted octanol–water partition coefficient (Wildman–Crippen LogP) is 2.77. The number of amides is 1. The zero-order valence-corrected chi connectivity index (χ0v) is 14.4. The second-order valence-corrected chi connectivity index (χ2v) is 7.29. The summed E-state index contributed by atoms with van der Waals surface area (Å²) in [7, 11) is 3.65. The van der Waals surface area contributed by atoms with Crippen molar-refractivity contribution < 1.29 is 9.90 Å². The summed E-state index contributed by atoms with van der Waals surface area (Å²) in [5.74, 6) is 0.152. The van der Waals surface area contributed by atoms with Crippen molar-refractivity contribution in [3.05, 3.63) is 29.3 Å². The van der Waals surface area contributed by atoms with Crippen molar-refractivity contribution in [3.8, 4) is 10.6 Å². The van der Waals surface area contributed by atoms with Crippen LogP contribution in [0.5, 0.6) is 0 Å². The number of thiophene rings is 1. The smallest absolute Gasteiger partial charge is 0.257 e. The number of carbonyl (C=O) groups excluding carboxylic acids is 1. The highest BCUT2D eigenvalue weighted by Crippen LogP contribution is 2.29. The van der Waals surface area contributed by atoms with Gasteiger partial charge in [-0.25, -0.2) is 0 Å². The van der Waals surface area contributed by atoms with Crippen molar-refractivity contribution in [2.45, 2.75) is 31.8 Å². The lowest BCUT2D eigenvalue weighted by Crippen LogP contribution is -2.38. The monoisotopic (exact) mass is 333 g/mol. The van der Waals surface area contributed by atoms with Crippen LogP contribution in [-0.4, -0.2) is 45.4 Å². The molecule has 0 spiro atoms. The fraction of sp³-hybridized carbons (Fsp3) is 0.529. The Morgan fingerprint density at radius 2 is 2.26 bits per heavy atom. The van der Waals surface area contributed by atoms with Gasteiger partial charge in [-0.05, 0) is 24.3 Å². The van der Waals surface area contributed by atoms with Crippen LogP contribution in [0.3, 0.4) is 0 Å². The van der Waals surface area contributed by atoms with Crippen LogP contribution in [0.2, 0.25) is 0 Å². The molecule has 0 aromatic carbocycles. The molecular formula is C17H23N3O2S. The molecular weight excluding hydrogens is 310 g/mol. The van der Waals surface area contributed by atoms with Gasteiger partial charge < -0.3 is 10.0 Å². The molecule has 2 heterocycles. The van der Waals surface area contributed by atoms with Crippen LogP contribution < -0.4 is 0 Å². The molecule has 0 aliphatic heterocycles. The molecule has 1 amide bonds. The number of nitrogens with zero attached hydrogens (tertiary/aromatic N) is 3. The van der Waals surface area contributed by atoms with Crippen molar-refractivity contribution in [1.82, 2.24) is 14.7 Å². The minimum Gasteiger partial charge on any atom is -0.393 e. The van der Waals surface area contributed by atoms with Crippen molar-refractivity contribution in [3.63, 3.8) is 0 Å². The van der Waals surface area contributed by atoms with Crippen molar-refractivity contribution in [2.75, 3.05) is 13.6 Å². The minimum absolute atomic E-state index is 0.0285. The number of aliphatic hydroxyl groups is 1. The highest BCUT2D eigenvalue weighted by molar-refractivity contribution is 7.13. The van der Waals surface area contributed by atoms with Gasteiger partial charge >= 0.3 is 0 Å². The van der Waals surface area contributed by atoms with Crippen LogP contribution in [-0.2, 0) is 7.05 Å². The fourth-order valence-corrected chi connectivity index (χ4v) is 4.00. The van der Waals surface area contributed by atoms with Crippen LogP contribution in [0.25, 0.3) is 10.6 Å². The average Bonchev–Trinajstić information content (AvgIpc) is 3.17. The Balaban J connectivity index is 1.77. The topological polar surface area (TPSA) is 58.4 Å². The molecule has 1 fully saturated rings. The van der Waals surface area contributed by atoms with E-state index in [0.717, 1.165) is 36.3 Å². The van der Waals surface area contributed by atoms with Gasteiger partial charge in [-0.1, -0.05) is 18.9 Å². The molecule has 2 aromatic rings. The lowest BCUT2D eigenvalue weighted by molar-refractivity contribution is 0.0451. The van der Waals surface area contributed by atoms with Crippen molar-refractivity contribution >= 4 is 17.2 Å². The van der Waals surface area contributed by atoms with Gasteiger partial charge in [0, 0.05) is 32.8 Å². The van der Waals surface area contributed by atoms with Crippen LogP contribution in [0.1, 0.15) is 36.0 Å². The lowest BCUT2D eigenvalue weighted by atomic mass is 9.86. The first-order valence-electron chi connectivity index (χ1n) is 8.07. The zero-order valence-electron chi connectivity index (χ0n) is 13.6. The predicted molar refractivity (Wildman–Crippen MR) is 91.4 cm³/mol. The summed E-state index contributed by atoms with van der Waals surface area (Å²) in [5, 5.41) is 16.6. The summed E-state index contributed by atoms with van der Waals surface area (Å²) in [6.07, 6.45) is 5.55. The Labute approximate surface area is 140 Å². The highest BCUT2D eigenvalue weighted by atomic mass is 32.1. The van der Waals surface area contributed by atoms with Gasteiger partial charge in [0.1, 0.15) is 5.69 Å². The maximum atomic E-state index is 12.8. The first-order valence-corrected chi connectivity index (χ1v) is 8.95. The van der Waals surface area contributed by atoms with Gasteiger partial charge in [-0.3, -0.25) is 9.48 Å². The van der Waals surface area contributed by atoms with Crippen molar-refractivity contribution in [1.29, 1.82) is 0 Å². The summed E-state index contributed by atoms with van der Waals surface area (Å²) < 4.78 is 1.69. The molecule has 2 atom stereocenters. The third kappa shape index (κ3) is 3.48. The number of rotatable bonds is 4. The van der Waals surface area contributed by atoms with Crippen LogP contribution in [0.15, 0.2) is 23.7 Å². The van der Waals surface area contributed by atoms with Gasteiger partial charge in [-0.15, -0.1) is 11.3 Å². The molecule has 1 N–H and O–H groups in total. The van der Waals surface area contributed by atoms with Gasteiger partial charge in [0.15, 0.2) is 0 Å². The van der Waals surface area contributed by atoms with E-state index in [4.69, 9.17) is 0 Å². The van der Waals surface area contributed by atoms with E-state index < -0.39 is 0 Å². The minimum atomic E-state index is -0.287. The Kier molecular flexibility index (Phi) is 4.82. The summed E-state index contributed by atoms with van der Waals surface area (Å²) in [4.78, 5) is 15.6. The third-order valence-electron chi connectivity index (χ3n) is 4.54. The van der Waals surface area contributed by atoms with Crippen LogP contribution in [0.4, 0.5) is 0 Å². The SMILES string of the molecule is CN(CC1CCCCC1O)C(=O)c1cn(C)nc1-c1cccs1. The van der Waals surface area contributed by atoms with Gasteiger partial charge in [0.05, 0.1) is 16.5 Å². The van der Waals surface area contributed by atoms with E-state index in [-0.39, 0.29) is 17.9 Å². The largest absolute Gasteiger partial charge is 0.393 e. The lowest BCUT2D eigenvalue weighted by Gasteiger charge is -2.31. The number of aryl methyl sites for hydroxylation is 1. The van der Waals surface area contributed by atoms with Gasteiger partial charge in [-0.2, -0.15) is 5.10 Å². The zero-order chi connectivity index (χ0) is 16.4. The summed E-state index contributed by atoms with van der Waals surface area (Å²) in [5.41, 5.74) is 1.37. The second-order valence-electron chi connectivity index (χ2n) is 6.34. The van der Waals surface area contributed by atoms with Gasteiger partial charge in [0.2, 0.25) is 0 Å². The third-order valence-corrected chi connectivity index (χ3v) is 5.41. The first-order chi connectivity index (χ1) is 11.1. The van der Waals surface area contributed by atoms with E-state index in [1.165, 1.54) is 0 Å². The molecule has 0 saturated heterocycles. The second kappa shape index (κ2) is 6.84. The van der Waals surface area contributed by atoms with E-state index in [1.807, 2.05) is 31.6 Å². The number of aliphatic hydroxyl groups excluding tert-OH is 1. The summed E-state index contributed by atoms with van der Waals surface area (Å²) in [6, 6.07) is 3.94. The molecule has 5 nitrogen and oxygen atoms in total. The Morgan fingerprint density at radius 3 is 2.96 bits per heavy atom. The molecule has 1 aliphatic rings. The maximum Gasteiger partial charge on any atom is 0.257 e. The first kappa shape index (κ1) is 16.2. The molecule has 2 unspecified atom stereocenters.